The highest BCUT2D eigenvalue weighted by molar-refractivity contribution is 9.10. The molecule has 0 fully saturated rings. The molecule has 0 heterocycles. The van der Waals surface area contributed by atoms with E-state index < -0.39 is 0 Å². The van der Waals surface area contributed by atoms with Gasteiger partial charge in [0.25, 0.3) is 5.91 Å². The standard InChI is InChI=1S/C16H16BrNOS/c1-11(12-7-3-5-9-14(12)17)18-16(19)13-8-4-6-10-15(13)20-2/h3-11H,1-2H3,(H,18,19). The molecule has 0 bridgehead atoms. The first-order chi connectivity index (χ1) is 9.63. The SMILES string of the molecule is CSc1ccccc1C(=O)NC(C)c1ccccc1Br. The number of carbonyl (C=O) groups excluding carboxylic acids is 1. The molecule has 104 valence electrons. The maximum absolute atomic E-state index is 12.4. The average Bonchev–Trinajstić information content (AvgIpc) is 2.47. The van der Waals surface area contributed by atoms with Gasteiger partial charge in [-0.1, -0.05) is 46.3 Å². The van der Waals surface area contributed by atoms with E-state index in [2.05, 4.69) is 21.2 Å². The second-order valence-corrected chi connectivity index (χ2v) is 6.12. The third kappa shape index (κ3) is 3.44. The molecule has 0 aliphatic heterocycles. The van der Waals surface area contributed by atoms with Crippen LogP contribution in [0, 0.1) is 0 Å². The van der Waals surface area contributed by atoms with Crippen molar-refractivity contribution in [1.29, 1.82) is 0 Å². The maximum atomic E-state index is 12.4. The number of rotatable bonds is 4. The van der Waals surface area contributed by atoms with Gasteiger partial charge in [-0.15, -0.1) is 11.8 Å². The quantitative estimate of drug-likeness (QED) is 0.813. The number of benzene rings is 2. The van der Waals surface area contributed by atoms with Gasteiger partial charge in [-0.3, -0.25) is 4.79 Å². The Bertz CT molecular complexity index is 615. The van der Waals surface area contributed by atoms with Crippen molar-refractivity contribution < 1.29 is 4.79 Å². The largest absolute Gasteiger partial charge is 0.345 e. The van der Waals surface area contributed by atoms with Crippen LogP contribution in [0.5, 0.6) is 0 Å². The second kappa shape index (κ2) is 6.95. The summed E-state index contributed by atoms with van der Waals surface area (Å²) < 4.78 is 1.01. The maximum Gasteiger partial charge on any atom is 0.252 e. The monoisotopic (exact) mass is 349 g/mol. The van der Waals surface area contributed by atoms with Crippen LogP contribution in [0.15, 0.2) is 57.9 Å². The molecule has 1 unspecified atom stereocenters. The highest BCUT2D eigenvalue weighted by Gasteiger charge is 2.15. The predicted octanol–water partition coefficient (Wildman–Crippen LogP) is 4.66. The molecule has 2 aromatic rings. The molecule has 2 aromatic carbocycles. The van der Waals surface area contributed by atoms with Crippen molar-refractivity contribution in [3.05, 3.63) is 64.1 Å². The number of hydrogen-bond acceptors (Lipinski definition) is 2. The summed E-state index contributed by atoms with van der Waals surface area (Å²) >= 11 is 5.10. The van der Waals surface area contributed by atoms with Gasteiger partial charge >= 0.3 is 0 Å². The van der Waals surface area contributed by atoms with Crippen molar-refractivity contribution >= 4 is 33.6 Å². The van der Waals surface area contributed by atoms with Gasteiger partial charge in [0.1, 0.15) is 0 Å². The van der Waals surface area contributed by atoms with Crippen molar-refractivity contribution in [2.45, 2.75) is 17.9 Å². The fourth-order valence-corrected chi connectivity index (χ4v) is 3.23. The molecule has 2 nitrogen and oxygen atoms in total. The molecule has 1 amide bonds. The van der Waals surface area contributed by atoms with Gasteiger partial charge in [0.15, 0.2) is 0 Å². The van der Waals surface area contributed by atoms with Gasteiger partial charge in [0.05, 0.1) is 11.6 Å². The van der Waals surface area contributed by atoms with Crippen LogP contribution in [-0.4, -0.2) is 12.2 Å². The summed E-state index contributed by atoms with van der Waals surface area (Å²) in [7, 11) is 0. The summed E-state index contributed by atoms with van der Waals surface area (Å²) in [6.07, 6.45) is 1.98. The van der Waals surface area contributed by atoms with Crippen LogP contribution in [0.25, 0.3) is 0 Å². The lowest BCUT2D eigenvalue weighted by atomic mass is 10.1. The molecule has 0 saturated carbocycles. The lowest BCUT2D eigenvalue weighted by Crippen LogP contribution is -2.27. The first-order valence-corrected chi connectivity index (χ1v) is 8.33. The van der Waals surface area contributed by atoms with Gasteiger partial charge in [0, 0.05) is 9.37 Å². The summed E-state index contributed by atoms with van der Waals surface area (Å²) in [5.74, 6) is -0.0433. The second-order valence-electron chi connectivity index (χ2n) is 4.42. The van der Waals surface area contributed by atoms with E-state index in [9.17, 15) is 4.79 Å². The number of amides is 1. The Kier molecular flexibility index (Phi) is 5.26. The molecule has 4 heteroatoms. The Morgan fingerprint density at radius 1 is 1.15 bits per heavy atom. The number of carbonyl (C=O) groups is 1. The van der Waals surface area contributed by atoms with Crippen molar-refractivity contribution in [3.63, 3.8) is 0 Å². The molecule has 1 atom stereocenters. The van der Waals surface area contributed by atoms with Gasteiger partial charge < -0.3 is 5.32 Å². The third-order valence-electron chi connectivity index (χ3n) is 3.07. The minimum Gasteiger partial charge on any atom is -0.345 e. The minimum atomic E-state index is -0.0482. The average molecular weight is 350 g/mol. The number of nitrogens with one attached hydrogen (secondary N) is 1. The minimum absolute atomic E-state index is 0.0433. The van der Waals surface area contributed by atoms with E-state index in [0.717, 1.165) is 20.5 Å². The van der Waals surface area contributed by atoms with Gasteiger partial charge in [-0.25, -0.2) is 0 Å². The van der Waals surface area contributed by atoms with Crippen molar-refractivity contribution in [2.75, 3.05) is 6.26 Å². The summed E-state index contributed by atoms with van der Waals surface area (Å²) in [5, 5.41) is 3.05. The first-order valence-electron chi connectivity index (χ1n) is 6.31. The van der Waals surface area contributed by atoms with Crippen molar-refractivity contribution in [1.82, 2.24) is 5.32 Å². The zero-order valence-electron chi connectivity index (χ0n) is 11.4. The van der Waals surface area contributed by atoms with Crippen LogP contribution >= 0.6 is 27.7 Å². The summed E-state index contributed by atoms with van der Waals surface area (Å²) in [5.41, 5.74) is 1.79. The van der Waals surface area contributed by atoms with Gasteiger partial charge in [0.2, 0.25) is 0 Å². The van der Waals surface area contributed by atoms with Crippen LogP contribution in [-0.2, 0) is 0 Å². The van der Waals surface area contributed by atoms with Crippen LogP contribution in [0.1, 0.15) is 28.9 Å². The number of hydrogen-bond donors (Lipinski definition) is 1. The summed E-state index contributed by atoms with van der Waals surface area (Å²) in [6.45, 7) is 1.99. The molecule has 0 radical (unpaired) electrons. The fraction of sp³-hybridized carbons (Fsp3) is 0.188. The van der Waals surface area contributed by atoms with E-state index in [4.69, 9.17) is 0 Å². The zero-order chi connectivity index (χ0) is 14.5. The third-order valence-corrected chi connectivity index (χ3v) is 4.59. The molecule has 0 aromatic heterocycles. The molecule has 2 rings (SSSR count). The van der Waals surface area contributed by atoms with Crippen LogP contribution in [0.4, 0.5) is 0 Å². The molecule has 0 spiro atoms. The summed E-state index contributed by atoms with van der Waals surface area (Å²) in [6, 6.07) is 15.5. The van der Waals surface area contributed by atoms with Gasteiger partial charge in [-0.2, -0.15) is 0 Å². The molecule has 0 saturated heterocycles. The Balaban J connectivity index is 2.18. The van der Waals surface area contributed by atoms with E-state index in [1.807, 2.05) is 61.7 Å². The predicted molar refractivity (Wildman–Crippen MR) is 88.2 cm³/mol. The lowest BCUT2D eigenvalue weighted by Gasteiger charge is -2.16. The van der Waals surface area contributed by atoms with E-state index in [1.165, 1.54) is 0 Å². The summed E-state index contributed by atoms with van der Waals surface area (Å²) in [4.78, 5) is 13.4. The molecule has 20 heavy (non-hydrogen) atoms. The van der Waals surface area contributed by atoms with Gasteiger partial charge in [-0.05, 0) is 36.9 Å². The van der Waals surface area contributed by atoms with E-state index in [1.54, 1.807) is 11.8 Å². The highest BCUT2D eigenvalue weighted by atomic mass is 79.9. The smallest absolute Gasteiger partial charge is 0.252 e. The number of thioether (sulfide) groups is 1. The number of halogens is 1. The Morgan fingerprint density at radius 3 is 2.50 bits per heavy atom. The molecular formula is C16H16BrNOS. The molecule has 0 aliphatic carbocycles. The first kappa shape index (κ1) is 15.1. The van der Waals surface area contributed by atoms with Crippen LogP contribution in [0.2, 0.25) is 0 Å². The molecule has 0 aliphatic rings. The Morgan fingerprint density at radius 2 is 1.80 bits per heavy atom. The normalized spacial score (nSPS) is 11.9. The lowest BCUT2D eigenvalue weighted by molar-refractivity contribution is 0.0937. The Hall–Kier alpha value is -1.26. The zero-order valence-corrected chi connectivity index (χ0v) is 13.8. The van der Waals surface area contributed by atoms with Crippen LogP contribution in [0.3, 0.4) is 0 Å². The Labute approximate surface area is 132 Å². The van der Waals surface area contributed by atoms with E-state index >= 15 is 0 Å². The topological polar surface area (TPSA) is 29.1 Å². The van der Waals surface area contributed by atoms with E-state index in [0.29, 0.717) is 0 Å². The molecular weight excluding hydrogens is 334 g/mol. The van der Waals surface area contributed by atoms with Crippen molar-refractivity contribution in [3.8, 4) is 0 Å². The molecule has 1 N–H and O–H groups in total. The van der Waals surface area contributed by atoms with E-state index in [-0.39, 0.29) is 11.9 Å². The van der Waals surface area contributed by atoms with Crippen molar-refractivity contribution in [2.24, 2.45) is 0 Å². The fourth-order valence-electron chi connectivity index (χ4n) is 2.01. The highest BCUT2D eigenvalue weighted by Crippen LogP contribution is 2.24. The van der Waals surface area contributed by atoms with Crippen LogP contribution < -0.4 is 5.32 Å².